The normalized spacial score (nSPS) is 17.5. The molecule has 1 fully saturated rings. The minimum atomic E-state index is -1.08. The Bertz CT molecular complexity index is 1310. The molecule has 0 aliphatic carbocycles. The fourth-order valence-electron chi connectivity index (χ4n) is 3.77. The van der Waals surface area contributed by atoms with Crippen LogP contribution >= 0.6 is 34.8 Å². The highest BCUT2D eigenvalue weighted by atomic mass is 35.5. The van der Waals surface area contributed by atoms with Crippen LogP contribution in [0.5, 0.6) is 5.75 Å². The first-order valence-corrected chi connectivity index (χ1v) is 10.7. The minimum Gasteiger partial charge on any atom is -0.507 e. The second kappa shape index (κ2) is 9.06. The zero-order chi connectivity index (χ0) is 23.9. The lowest BCUT2D eigenvalue weighted by molar-refractivity contribution is -0.132. The zero-order valence-electron chi connectivity index (χ0n) is 17.0. The Balaban J connectivity index is 2.01. The molecule has 4 rings (SSSR count). The number of methoxy groups -OCH3 is 1. The van der Waals surface area contributed by atoms with Crippen LogP contribution in [0.25, 0.3) is 5.76 Å². The van der Waals surface area contributed by atoms with Crippen molar-refractivity contribution < 1.29 is 23.8 Å². The number of aliphatic hydroxyl groups is 1. The fourth-order valence-corrected chi connectivity index (χ4v) is 4.47. The Hall–Kier alpha value is -3.06. The van der Waals surface area contributed by atoms with Crippen LogP contribution in [0.3, 0.4) is 0 Å². The molecule has 1 N–H and O–H groups in total. The third kappa shape index (κ3) is 4.17. The lowest BCUT2D eigenvalue weighted by Gasteiger charge is -2.25. The molecule has 3 aromatic rings. The summed E-state index contributed by atoms with van der Waals surface area (Å²) in [5.74, 6) is -2.95. The van der Waals surface area contributed by atoms with E-state index in [1.807, 2.05) is 0 Å². The SMILES string of the molecule is COc1c(Cl)cc(Cl)cc1/C(O)=C1\C(=O)C(=O)N(c2cccc(F)c2)C1c1ccc(Cl)cc1. The summed E-state index contributed by atoms with van der Waals surface area (Å²) in [7, 11) is 1.34. The molecular formula is C24H15Cl3FNO4. The van der Waals surface area contributed by atoms with Gasteiger partial charge in [-0.05, 0) is 48.0 Å². The van der Waals surface area contributed by atoms with Gasteiger partial charge in [-0.1, -0.05) is 53.0 Å². The number of halogens is 4. The van der Waals surface area contributed by atoms with Crippen molar-refractivity contribution in [2.45, 2.75) is 6.04 Å². The zero-order valence-corrected chi connectivity index (χ0v) is 19.2. The van der Waals surface area contributed by atoms with Crippen molar-refractivity contribution in [3.05, 3.63) is 98.2 Å². The van der Waals surface area contributed by atoms with Crippen molar-refractivity contribution in [3.63, 3.8) is 0 Å². The highest BCUT2D eigenvalue weighted by molar-refractivity contribution is 6.52. The van der Waals surface area contributed by atoms with Crippen LogP contribution in [0, 0.1) is 5.82 Å². The second-order valence-corrected chi connectivity index (χ2v) is 8.45. The number of carbonyl (C=O) groups is 2. The van der Waals surface area contributed by atoms with Gasteiger partial charge in [0.2, 0.25) is 0 Å². The molecule has 0 aromatic heterocycles. The molecule has 9 heteroatoms. The molecule has 1 aliphatic rings. The number of aliphatic hydroxyl groups excluding tert-OH is 1. The number of ketones is 1. The number of Topliss-reactive ketones (excluding diaryl/α,β-unsaturated/α-hetero) is 1. The Morgan fingerprint density at radius 1 is 1.00 bits per heavy atom. The first-order chi connectivity index (χ1) is 15.7. The van der Waals surface area contributed by atoms with E-state index in [9.17, 15) is 19.1 Å². The summed E-state index contributed by atoms with van der Waals surface area (Å²) in [4.78, 5) is 27.4. The van der Waals surface area contributed by atoms with Crippen molar-refractivity contribution in [2.24, 2.45) is 0 Å². The van der Waals surface area contributed by atoms with Crippen LogP contribution in [0.4, 0.5) is 10.1 Å². The lowest BCUT2D eigenvalue weighted by Crippen LogP contribution is -2.29. The predicted molar refractivity (Wildman–Crippen MR) is 126 cm³/mol. The Labute approximate surface area is 203 Å². The molecule has 0 bridgehead atoms. The van der Waals surface area contributed by atoms with E-state index >= 15 is 0 Å². The highest BCUT2D eigenvalue weighted by Crippen LogP contribution is 2.45. The molecule has 3 aromatic carbocycles. The van der Waals surface area contributed by atoms with Gasteiger partial charge in [-0.25, -0.2) is 4.39 Å². The van der Waals surface area contributed by atoms with Gasteiger partial charge in [-0.15, -0.1) is 0 Å². The van der Waals surface area contributed by atoms with Crippen molar-refractivity contribution in [2.75, 3.05) is 12.0 Å². The van der Waals surface area contributed by atoms with Crippen LogP contribution in [0.2, 0.25) is 15.1 Å². The smallest absolute Gasteiger partial charge is 0.300 e. The Kier molecular flexibility index (Phi) is 6.34. The molecule has 1 saturated heterocycles. The molecule has 1 heterocycles. The number of benzene rings is 3. The summed E-state index contributed by atoms with van der Waals surface area (Å²) in [5, 5.41) is 12.0. The number of hydrogen-bond acceptors (Lipinski definition) is 4. The van der Waals surface area contributed by atoms with Crippen molar-refractivity contribution in [3.8, 4) is 5.75 Å². The van der Waals surface area contributed by atoms with Gasteiger partial charge in [0.25, 0.3) is 11.7 Å². The number of anilines is 1. The van der Waals surface area contributed by atoms with Crippen LogP contribution in [-0.4, -0.2) is 23.9 Å². The minimum absolute atomic E-state index is 0.0335. The molecule has 168 valence electrons. The van der Waals surface area contributed by atoms with Gasteiger partial charge < -0.3 is 9.84 Å². The van der Waals surface area contributed by atoms with Crippen LogP contribution in [0.15, 0.2) is 66.2 Å². The Morgan fingerprint density at radius 2 is 1.70 bits per heavy atom. The van der Waals surface area contributed by atoms with Crippen molar-refractivity contribution in [1.82, 2.24) is 0 Å². The molecule has 1 atom stereocenters. The monoisotopic (exact) mass is 505 g/mol. The number of hydrogen-bond donors (Lipinski definition) is 1. The van der Waals surface area contributed by atoms with Crippen molar-refractivity contribution in [1.29, 1.82) is 0 Å². The van der Waals surface area contributed by atoms with Gasteiger partial charge >= 0.3 is 0 Å². The van der Waals surface area contributed by atoms with Gasteiger partial charge in [-0.2, -0.15) is 0 Å². The van der Waals surface area contributed by atoms with E-state index in [4.69, 9.17) is 39.5 Å². The number of rotatable bonds is 4. The van der Waals surface area contributed by atoms with Gasteiger partial charge in [0.15, 0.2) is 0 Å². The third-order valence-corrected chi connectivity index (χ3v) is 5.94. The largest absolute Gasteiger partial charge is 0.507 e. The second-order valence-electron chi connectivity index (χ2n) is 7.17. The molecule has 1 amide bonds. The standard InChI is InChI=1S/C24H15Cl3FNO4/c1-33-23-17(9-14(26)10-18(23)27)21(30)19-20(12-5-7-13(25)8-6-12)29(24(32)22(19)31)16-4-2-3-15(28)11-16/h2-11,20,30H,1H3/b21-19+. The quantitative estimate of drug-likeness (QED) is 0.252. The Morgan fingerprint density at radius 3 is 2.33 bits per heavy atom. The van der Waals surface area contributed by atoms with Crippen molar-refractivity contribution >= 4 is 57.9 Å². The number of carbonyl (C=O) groups excluding carboxylic acids is 2. The van der Waals surface area contributed by atoms with E-state index in [2.05, 4.69) is 0 Å². The molecule has 1 aliphatic heterocycles. The molecule has 5 nitrogen and oxygen atoms in total. The highest BCUT2D eigenvalue weighted by Gasteiger charge is 2.47. The number of nitrogens with zero attached hydrogens (tertiary/aromatic N) is 1. The fraction of sp³-hybridized carbons (Fsp3) is 0.0833. The van der Waals surface area contributed by atoms with E-state index in [0.29, 0.717) is 10.6 Å². The van der Waals surface area contributed by atoms with Gasteiger partial charge in [0.1, 0.15) is 17.3 Å². The van der Waals surface area contributed by atoms with Gasteiger partial charge in [0.05, 0.1) is 29.3 Å². The van der Waals surface area contributed by atoms with Crippen LogP contribution in [0.1, 0.15) is 17.2 Å². The summed E-state index contributed by atoms with van der Waals surface area (Å²) in [6, 6.07) is 13.4. The lowest BCUT2D eigenvalue weighted by atomic mass is 9.95. The predicted octanol–water partition coefficient (Wildman–Crippen LogP) is 6.42. The average Bonchev–Trinajstić information content (AvgIpc) is 3.04. The summed E-state index contributed by atoms with van der Waals surface area (Å²) in [5.41, 5.74) is 0.415. The molecule has 0 spiro atoms. The maximum absolute atomic E-state index is 14.0. The van der Waals surface area contributed by atoms with Gasteiger partial charge in [-0.3, -0.25) is 14.5 Å². The first kappa shape index (κ1) is 23.1. The van der Waals surface area contributed by atoms with E-state index in [-0.39, 0.29) is 32.6 Å². The summed E-state index contributed by atoms with van der Waals surface area (Å²) < 4.78 is 19.3. The number of ether oxygens (including phenoxy) is 1. The molecule has 33 heavy (non-hydrogen) atoms. The summed E-state index contributed by atoms with van der Waals surface area (Å²) in [6.07, 6.45) is 0. The van der Waals surface area contributed by atoms with Crippen LogP contribution < -0.4 is 9.64 Å². The van der Waals surface area contributed by atoms with E-state index < -0.39 is 29.3 Å². The maximum Gasteiger partial charge on any atom is 0.300 e. The topological polar surface area (TPSA) is 66.8 Å². The van der Waals surface area contributed by atoms with E-state index in [1.165, 1.54) is 37.4 Å². The third-order valence-electron chi connectivity index (χ3n) is 5.18. The average molecular weight is 507 g/mol. The van der Waals surface area contributed by atoms with E-state index in [1.54, 1.807) is 24.3 Å². The molecule has 0 saturated carbocycles. The van der Waals surface area contributed by atoms with Crippen LogP contribution in [-0.2, 0) is 9.59 Å². The molecular weight excluding hydrogens is 492 g/mol. The first-order valence-electron chi connectivity index (χ1n) is 9.58. The summed E-state index contributed by atoms with van der Waals surface area (Å²) in [6.45, 7) is 0. The van der Waals surface area contributed by atoms with Gasteiger partial charge in [0, 0.05) is 15.7 Å². The summed E-state index contributed by atoms with van der Waals surface area (Å²) >= 11 is 18.3. The molecule has 0 radical (unpaired) electrons. The van der Waals surface area contributed by atoms with E-state index in [0.717, 1.165) is 11.0 Å². The molecule has 1 unspecified atom stereocenters. The maximum atomic E-state index is 14.0. The number of amides is 1.